The van der Waals surface area contributed by atoms with Gasteiger partial charge >= 0.3 is 0 Å². The fourth-order valence-electron chi connectivity index (χ4n) is 4.49. The molecule has 4 unspecified atom stereocenters. The zero-order chi connectivity index (χ0) is 11.6. The Kier molecular flexibility index (Phi) is 3.88. The van der Waals surface area contributed by atoms with Crippen LogP contribution in [0.3, 0.4) is 0 Å². The van der Waals surface area contributed by atoms with Crippen molar-refractivity contribution in [2.45, 2.75) is 38.5 Å². The van der Waals surface area contributed by atoms with Crippen LogP contribution >= 0.6 is 0 Å². The molecule has 0 heterocycles. The number of hydrogen-bond donors (Lipinski definition) is 3. The van der Waals surface area contributed by atoms with Crippen LogP contribution in [-0.4, -0.2) is 19.6 Å². The number of hydrogen-bond acceptors (Lipinski definition) is 3. The molecule has 2 aliphatic carbocycles. The first-order valence-electron chi connectivity index (χ1n) is 6.86. The highest BCUT2D eigenvalue weighted by molar-refractivity contribution is 5.04. The monoisotopic (exact) mass is 225 g/mol. The SMILES string of the molecule is NCCCC1(CN)CC2CC(CCN)C1C2. The summed E-state index contributed by atoms with van der Waals surface area (Å²) in [5.41, 5.74) is 17.9. The van der Waals surface area contributed by atoms with Crippen LogP contribution in [0.2, 0.25) is 0 Å². The van der Waals surface area contributed by atoms with Gasteiger partial charge < -0.3 is 17.2 Å². The lowest BCUT2D eigenvalue weighted by atomic mass is 9.65. The van der Waals surface area contributed by atoms with E-state index in [9.17, 15) is 0 Å². The van der Waals surface area contributed by atoms with E-state index >= 15 is 0 Å². The third-order valence-electron chi connectivity index (χ3n) is 5.10. The van der Waals surface area contributed by atoms with Crippen molar-refractivity contribution in [3.05, 3.63) is 0 Å². The minimum absolute atomic E-state index is 0.419. The fourth-order valence-corrected chi connectivity index (χ4v) is 4.49. The van der Waals surface area contributed by atoms with E-state index in [1.165, 1.54) is 32.1 Å². The summed E-state index contributed by atoms with van der Waals surface area (Å²) in [5, 5.41) is 0. The van der Waals surface area contributed by atoms with E-state index in [-0.39, 0.29) is 0 Å². The number of rotatable bonds is 6. The van der Waals surface area contributed by atoms with Crippen LogP contribution in [0, 0.1) is 23.2 Å². The normalized spacial score (nSPS) is 41.8. The third-order valence-corrected chi connectivity index (χ3v) is 5.10. The molecular weight excluding hydrogens is 198 g/mol. The Bertz CT molecular complexity index is 231. The fraction of sp³-hybridized carbons (Fsp3) is 1.00. The highest BCUT2D eigenvalue weighted by atomic mass is 14.7. The number of nitrogens with two attached hydrogens (primary N) is 3. The summed E-state index contributed by atoms with van der Waals surface area (Å²) < 4.78 is 0. The van der Waals surface area contributed by atoms with Crippen molar-refractivity contribution in [1.29, 1.82) is 0 Å². The molecule has 2 aliphatic rings. The van der Waals surface area contributed by atoms with Gasteiger partial charge in [-0.05, 0) is 81.3 Å². The molecular formula is C13H27N3. The molecule has 0 aromatic heterocycles. The van der Waals surface area contributed by atoms with Gasteiger partial charge in [-0.3, -0.25) is 0 Å². The highest BCUT2D eigenvalue weighted by Gasteiger charge is 2.53. The highest BCUT2D eigenvalue weighted by Crippen LogP contribution is 2.60. The summed E-state index contributed by atoms with van der Waals surface area (Å²) in [5.74, 6) is 2.63. The van der Waals surface area contributed by atoms with Crippen molar-refractivity contribution in [3.63, 3.8) is 0 Å². The molecule has 0 aliphatic heterocycles. The Hall–Kier alpha value is -0.120. The van der Waals surface area contributed by atoms with Crippen molar-refractivity contribution < 1.29 is 0 Å². The lowest BCUT2D eigenvalue weighted by molar-refractivity contribution is 0.0999. The molecule has 3 nitrogen and oxygen atoms in total. The molecule has 6 N–H and O–H groups in total. The predicted molar refractivity (Wildman–Crippen MR) is 67.8 cm³/mol. The van der Waals surface area contributed by atoms with Crippen molar-refractivity contribution >= 4 is 0 Å². The van der Waals surface area contributed by atoms with Crippen molar-refractivity contribution in [2.24, 2.45) is 40.4 Å². The summed E-state index contributed by atoms with van der Waals surface area (Å²) >= 11 is 0. The van der Waals surface area contributed by atoms with E-state index < -0.39 is 0 Å². The molecule has 2 bridgehead atoms. The molecule has 0 aromatic rings. The molecule has 16 heavy (non-hydrogen) atoms. The first kappa shape index (κ1) is 12.3. The van der Waals surface area contributed by atoms with Gasteiger partial charge in [-0.2, -0.15) is 0 Å². The maximum absolute atomic E-state index is 6.08. The lowest BCUT2D eigenvalue weighted by Crippen LogP contribution is -2.40. The maximum Gasteiger partial charge on any atom is -0.00177 e. The molecule has 0 spiro atoms. The Balaban J connectivity index is 2.03. The van der Waals surface area contributed by atoms with Crippen LogP contribution in [0.25, 0.3) is 0 Å². The standard InChI is InChI=1S/C13H27N3/c14-4-1-3-13(9-16)8-10-6-11(2-5-15)12(13)7-10/h10-12H,1-9,14-16H2. The lowest BCUT2D eigenvalue weighted by Gasteiger charge is -2.41. The summed E-state index contributed by atoms with van der Waals surface area (Å²) in [6, 6.07) is 0. The third kappa shape index (κ3) is 2.01. The van der Waals surface area contributed by atoms with Gasteiger partial charge in [-0.1, -0.05) is 0 Å². The van der Waals surface area contributed by atoms with E-state index in [1.54, 1.807) is 0 Å². The molecule has 2 rings (SSSR count). The number of fused-ring (bicyclic) bond motifs is 2. The van der Waals surface area contributed by atoms with Crippen molar-refractivity contribution in [1.82, 2.24) is 0 Å². The van der Waals surface area contributed by atoms with E-state index in [0.717, 1.165) is 43.8 Å². The van der Waals surface area contributed by atoms with Crippen LogP contribution in [0.1, 0.15) is 38.5 Å². The van der Waals surface area contributed by atoms with Gasteiger partial charge in [0.1, 0.15) is 0 Å². The average Bonchev–Trinajstić information content (AvgIpc) is 2.84. The molecule has 0 amide bonds. The van der Waals surface area contributed by atoms with E-state index in [1.807, 2.05) is 0 Å². The van der Waals surface area contributed by atoms with Crippen LogP contribution < -0.4 is 17.2 Å². The average molecular weight is 225 g/mol. The Morgan fingerprint density at radius 3 is 2.44 bits per heavy atom. The zero-order valence-corrected chi connectivity index (χ0v) is 10.3. The molecule has 0 saturated heterocycles. The van der Waals surface area contributed by atoms with Crippen LogP contribution in [0.5, 0.6) is 0 Å². The summed E-state index contributed by atoms with van der Waals surface area (Å²) in [6.45, 7) is 2.50. The first-order chi connectivity index (χ1) is 7.75. The summed E-state index contributed by atoms with van der Waals surface area (Å²) in [7, 11) is 0. The Morgan fingerprint density at radius 1 is 1.06 bits per heavy atom. The van der Waals surface area contributed by atoms with Gasteiger partial charge in [0.2, 0.25) is 0 Å². The topological polar surface area (TPSA) is 78.1 Å². The minimum atomic E-state index is 0.419. The minimum Gasteiger partial charge on any atom is -0.330 e. The molecule has 94 valence electrons. The van der Waals surface area contributed by atoms with Crippen LogP contribution in [-0.2, 0) is 0 Å². The largest absolute Gasteiger partial charge is 0.330 e. The molecule has 3 heteroatoms. The summed E-state index contributed by atoms with van der Waals surface area (Å²) in [6.07, 6.45) is 7.75. The second-order valence-corrected chi connectivity index (χ2v) is 5.94. The van der Waals surface area contributed by atoms with E-state index in [4.69, 9.17) is 17.2 Å². The van der Waals surface area contributed by atoms with Crippen molar-refractivity contribution in [2.75, 3.05) is 19.6 Å². The Labute approximate surface area is 99.1 Å². The van der Waals surface area contributed by atoms with E-state index in [2.05, 4.69) is 0 Å². The first-order valence-corrected chi connectivity index (χ1v) is 6.86. The zero-order valence-electron chi connectivity index (χ0n) is 10.3. The van der Waals surface area contributed by atoms with Crippen LogP contribution in [0.4, 0.5) is 0 Å². The van der Waals surface area contributed by atoms with Gasteiger partial charge in [0.15, 0.2) is 0 Å². The maximum atomic E-state index is 6.08. The molecule has 2 fully saturated rings. The van der Waals surface area contributed by atoms with E-state index in [0.29, 0.717) is 5.41 Å². The quantitative estimate of drug-likeness (QED) is 0.632. The van der Waals surface area contributed by atoms with Gasteiger partial charge in [0.25, 0.3) is 0 Å². The van der Waals surface area contributed by atoms with Gasteiger partial charge in [-0.25, -0.2) is 0 Å². The van der Waals surface area contributed by atoms with Gasteiger partial charge in [0.05, 0.1) is 0 Å². The van der Waals surface area contributed by atoms with Crippen LogP contribution in [0.15, 0.2) is 0 Å². The summed E-state index contributed by atoms with van der Waals surface area (Å²) in [4.78, 5) is 0. The molecule has 4 atom stereocenters. The molecule has 2 saturated carbocycles. The molecule has 0 radical (unpaired) electrons. The Morgan fingerprint density at radius 2 is 1.88 bits per heavy atom. The predicted octanol–water partition coefficient (Wildman–Crippen LogP) is 1.07. The van der Waals surface area contributed by atoms with Gasteiger partial charge in [0, 0.05) is 0 Å². The smallest absolute Gasteiger partial charge is 0.00177 e. The van der Waals surface area contributed by atoms with Gasteiger partial charge in [-0.15, -0.1) is 0 Å². The van der Waals surface area contributed by atoms with Crippen molar-refractivity contribution in [3.8, 4) is 0 Å². The molecule has 0 aromatic carbocycles. The second kappa shape index (κ2) is 5.03. The second-order valence-electron chi connectivity index (χ2n) is 5.94.